The summed E-state index contributed by atoms with van der Waals surface area (Å²) in [5.74, 6) is 0.584. The van der Waals surface area contributed by atoms with Crippen LogP contribution >= 0.6 is 0 Å². The summed E-state index contributed by atoms with van der Waals surface area (Å²) in [7, 11) is 3.71. The standard InChI is InChI=1S/C13H28N2O3/c1-12(2)11-13(16)15(4)6-8-18-10-9-17-7-5-14-3/h12,14H,5-11H2,1-4H3. The Balaban J connectivity index is 3.34. The Labute approximate surface area is 111 Å². The van der Waals surface area contributed by atoms with Crippen molar-refractivity contribution in [2.24, 2.45) is 5.92 Å². The molecule has 1 N–H and O–H groups in total. The molecule has 0 fully saturated rings. The average molecular weight is 260 g/mol. The molecule has 0 saturated carbocycles. The van der Waals surface area contributed by atoms with Gasteiger partial charge in [0.1, 0.15) is 0 Å². The van der Waals surface area contributed by atoms with Crippen LogP contribution in [0.25, 0.3) is 0 Å². The van der Waals surface area contributed by atoms with Gasteiger partial charge in [-0.3, -0.25) is 4.79 Å². The molecule has 0 heterocycles. The van der Waals surface area contributed by atoms with Crippen molar-refractivity contribution in [3.05, 3.63) is 0 Å². The highest BCUT2D eigenvalue weighted by Gasteiger charge is 2.09. The molecule has 0 bridgehead atoms. The van der Waals surface area contributed by atoms with E-state index < -0.39 is 0 Å². The van der Waals surface area contributed by atoms with Crippen LogP contribution in [0.5, 0.6) is 0 Å². The zero-order chi connectivity index (χ0) is 13.8. The molecule has 0 aromatic rings. The summed E-state index contributed by atoms with van der Waals surface area (Å²) in [6.45, 7) is 8.04. The molecule has 0 aromatic heterocycles. The van der Waals surface area contributed by atoms with E-state index in [-0.39, 0.29) is 5.91 Å². The monoisotopic (exact) mass is 260 g/mol. The SMILES string of the molecule is CNCCOCCOCCN(C)C(=O)CC(C)C. The summed E-state index contributed by atoms with van der Waals surface area (Å²) in [5.41, 5.74) is 0. The Bertz CT molecular complexity index is 210. The van der Waals surface area contributed by atoms with Crippen molar-refractivity contribution in [3.63, 3.8) is 0 Å². The lowest BCUT2D eigenvalue weighted by Crippen LogP contribution is -2.31. The smallest absolute Gasteiger partial charge is 0.222 e. The number of hydrogen-bond acceptors (Lipinski definition) is 4. The van der Waals surface area contributed by atoms with Crippen LogP contribution in [-0.2, 0) is 14.3 Å². The van der Waals surface area contributed by atoms with E-state index in [1.807, 2.05) is 27.9 Å². The predicted octanol–water partition coefficient (Wildman–Crippen LogP) is 0.744. The van der Waals surface area contributed by atoms with Crippen LogP contribution < -0.4 is 5.32 Å². The average Bonchev–Trinajstić information content (AvgIpc) is 2.31. The van der Waals surface area contributed by atoms with E-state index in [2.05, 4.69) is 5.32 Å². The summed E-state index contributed by atoms with van der Waals surface area (Å²) < 4.78 is 10.7. The minimum Gasteiger partial charge on any atom is -0.378 e. The number of hydrogen-bond donors (Lipinski definition) is 1. The van der Waals surface area contributed by atoms with E-state index in [1.54, 1.807) is 4.90 Å². The third kappa shape index (κ3) is 10.5. The quantitative estimate of drug-likeness (QED) is 0.557. The fraction of sp³-hybridized carbons (Fsp3) is 0.923. The maximum absolute atomic E-state index is 11.6. The van der Waals surface area contributed by atoms with Crippen molar-refractivity contribution in [2.45, 2.75) is 20.3 Å². The van der Waals surface area contributed by atoms with Crippen LogP contribution in [0.3, 0.4) is 0 Å². The molecule has 0 unspecified atom stereocenters. The Kier molecular flexibility index (Phi) is 11.0. The third-order valence-corrected chi connectivity index (χ3v) is 2.45. The molecule has 0 aliphatic rings. The van der Waals surface area contributed by atoms with Crippen LogP contribution in [0.15, 0.2) is 0 Å². The van der Waals surface area contributed by atoms with Gasteiger partial charge in [-0.15, -0.1) is 0 Å². The second kappa shape index (κ2) is 11.4. The molecule has 0 aromatic carbocycles. The van der Waals surface area contributed by atoms with E-state index >= 15 is 0 Å². The van der Waals surface area contributed by atoms with Crippen LogP contribution in [0.1, 0.15) is 20.3 Å². The van der Waals surface area contributed by atoms with Crippen molar-refractivity contribution < 1.29 is 14.3 Å². The van der Waals surface area contributed by atoms with Crippen LogP contribution in [0, 0.1) is 5.92 Å². The van der Waals surface area contributed by atoms with Gasteiger partial charge in [-0.05, 0) is 13.0 Å². The van der Waals surface area contributed by atoms with E-state index in [9.17, 15) is 4.79 Å². The van der Waals surface area contributed by atoms with Crippen LogP contribution in [0.4, 0.5) is 0 Å². The van der Waals surface area contributed by atoms with Gasteiger partial charge in [0.2, 0.25) is 5.91 Å². The second-order valence-corrected chi connectivity index (χ2v) is 4.74. The molecule has 0 aliphatic heterocycles. The van der Waals surface area contributed by atoms with Gasteiger partial charge < -0.3 is 19.7 Å². The zero-order valence-electron chi connectivity index (χ0n) is 12.2. The third-order valence-electron chi connectivity index (χ3n) is 2.45. The lowest BCUT2D eigenvalue weighted by Gasteiger charge is -2.18. The normalized spacial score (nSPS) is 10.9. The van der Waals surface area contributed by atoms with Crippen molar-refractivity contribution in [3.8, 4) is 0 Å². The number of likely N-dealkylation sites (N-methyl/N-ethyl adjacent to an activating group) is 2. The predicted molar refractivity (Wildman–Crippen MR) is 72.7 cm³/mol. The number of rotatable bonds is 11. The molecule has 5 heteroatoms. The molecule has 0 rings (SSSR count). The summed E-state index contributed by atoms with van der Waals surface area (Å²) in [5, 5.41) is 3.00. The number of ether oxygens (including phenoxy) is 2. The maximum atomic E-state index is 11.6. The zero-order valence-corrected chi connectivity index (χ0v) is 12.2. The molecule has 0 spiro atoms. The van der Waals surface area contributed by atoms with Crippen LogP contribution in [0.2, 0.25) is 0 Å². The number of amides is 1. The molecule has 5 nitrogen and oxygen atoms in total. The molecule has 1 amide bonds. The fourth-order valence-corrected chi connectivity index (χ4v) is 1.33. The van der Waals surface area contributed by atoms with Gasteiger partial charge in [0.15, 0.2) is 0 Å². The fourth-order valence-electron chi connectivity index (χ4n) is 1.33. The molecule has 18 heavy (non-hydrogen) atoms. The molecular weight excluding hydrogens is 232 g/mol. The lowest BCUT2D eigenvalue weighted by atomic mass is 10.1. The minimum atomic E-state index is 0.180. The number of carbonyl (C=O) groups is 1. The van der Waals surface area contributed by atoms with Gasteiger partial charge in [-0.1, -0.05) is 13.8 Å². The highest BCUT2D eigenvalue weighted by molar-refractivity contribution is 5.75. The van der Waals surface area contributed by atoms with Crippen molar-refractivity contribution in [1.82, 2.24) is 10.2 Å². The van der Waals surface area contributed by atoms with Crippen LogP contribution in [-0.4, -0.2) is 64.4 Å². The molecular formula is C13H28N2O3. The lowest BCUT2D eigenvalue weighted by molar-refractivity contribution is -0.131. The van der Waals surface area contributed by atoms with Crippen molar-refractivity contribution >= 4 is 5.91 Å². The molecule has 0 radical (unpaired) electrons. The number of carbonyl (C=O) groups excluding carboxylic acids is 1. The summed E-state index contributed by atoms with van der Waals surface area (Å²) in [6.07, 6.45) is 0.601. The molecule has 108 valence electrons. The largest absolute Gasteiger partial charge is 0.378 e. The van der Waals surface area contributed by atoms with Gasteiger partial charge >= 0.3 is 0 Å². The first-order chi connectivity index (χ1) is 8.57. The Morgan fingerprint density at radius 1 is 1.17 bits per heavy atom. The van der Waals surface area contributed by atoms with Crippen molar-refractivity contribution in [1.29, 1.82) is 0 Å². The van der Waals surface area contributed by atoms with E-state index in [0.29, 0.717) is 45.3 Å². The molecule has 0 aliphatic carbocycles. The highest BCUT2D eigenvalue weighted by atomic mass is 16.5. The summed E-state index contributed by atoms with van der Waals surface area (Å²) in [6, 6.07) is 0. The Hall–Kier alpha value is -0.650. The first kappa shape index (κ1) is 17.4. The second-order valence-electron chi connectivity index (χ2n) is 4.74. The van der Waals surface area contributed by atoms with Gasteiger partial charge in [0.25, 0.3) is 0 Å². The Morgan fingerprint density at radius 2 is 1.78 bits per heavy atom. The van der Waals surface area contributed by atoms with Gasteiger partial charge in [0, 0.05) is 26.6 Å². The summed E-state index contributed by atoms with van der Waals surface area (Å²) >= 11 is 0. The van der Waals surface area contributed by atoms with Gasteiger partial charge in [-0.25, -0.2) is 0 Å². The van der Waals surface area contributed by atoms with E-state index in [4.69, 9.17) is 9.47 Å². The Morgan fingerprint density at radius 3 is 2.33 bits per heavy atom. The minimum absolute atomic E-state index is 0.180. The summed E-state index contributed by atoms with van der Waals surface area (Å²) in [4.78, 5) is 13.4. The first-order valence-corrected chi connectivity index (χ1v) is 6.62. The topological polar surface area (TPSA) is 50.8 Å². The number of nitrogens with one attached hydrogen (secondary N) is 1. The van der Waals surface area contributed by atoms with Crippen molar-refractivity contribution in [2.75, 3.05) is 53.6 Å². The first-order valence-electron chi connectivity index (χ1n) is 6.62. The van der Waals surface area contributed by atoms with E-state index in [1.165, 1.54) is 0 Å². The van der Waals surface area contributed by atoms with Gasteiger partial charge in [-0.2, -0.15) is 0 Å². The maximum Gasteiger partial charge on any atom is 0.222 e. The van der Waals surface area contributed by atoms with E-state index in [0.717, 1.165) is 6.54 Å². The molecule has 0 atom stereocenters. The van der Waals surface area contributed by atoms with Gasteiger partial charge in [0.05, 0.1) is 26.4 Å². The molecule has 0 saturated heterocycles. The highest BCUT2D eigenvalue weighted by Crippen LogP contribution is 2.02. The number of nitrogens with zero attached hydrogens (tertiary/aromatic N) is 1.